The number of hydrogen-bond donors (Lipinski definition) is 0. The molecule has 2 aliphatic rings. The molecule has 0 unspecified atom stereocenters. The highest BCUT2D eigenvalue weighted by Gasteiger charge is 2.23. The maximum atomic E-state index is 2.46. The Morgan fingerprint density at radius 3 is 2.20 bits per heavy atom. The average molecular weight is 401 g/mol. The largest absolute Gasteiger partial charge is 0.358 e. The minimum atomic E-state index is 0.521. The second-order valence-electron chi connectivity index (χ2n) is 9.55. The molecule has 4 rings (SSSR count). The van der Waals surface area contributed by atoms with Gasteiger partial charge in [0.2, 0.25) is 0 Å². The number of para-hydroxylation sites is 1. The number of fused-ring (bicyclic) bond motifs is 1. The van der Waals surface area contributed by atoms with E-state index in [2.05, 4.69) is 100 Å². The van der Waals surface area contributed by atoms with Crippen LogP contribution in [-0.2, 0) is 6.42 Å². The van der Waals surface area contributed by atoms with Crippen LogP contribution in [0.5, 0.6) is 0 Å². The third-order valence-electron chi connectivity index (χ3n) is 6.72. The van der Waals surface area contributed by atoms with Crippen molar-refractivity contribution in [2.75, 3.05) is 18.1 Å². The summed E-state index contributed by atoms with van der Waals surface area (Å²) in [7, 11) is 0. The van der Waals surface area contributed by atoms with Crippen molar-refractivity contribution in [3.63, 3.8) is 0 Å². The maximum absolute atomic E-state index is 2.46. The summed E-state index contributed by atoms with van der Waals surface area (Å²) in [6, 6.07) is 11.4. The summed E-state index contributed by atoms with van der Waals surface area (Å²) in [5.41, 5.74) is 11.8. The van der Waals surface area contributed by atoms with Crippen LogP contribution in [0, 0.1) is 13.8 Å². The Labute approximate surface area is 182 Å². The number of anilines is 1. The van der Waals surface area contributed by atoms with Gasteiger partial charge in [-0.3, -0.25) is 0 Å². The highest BCUT2D eigenvalue weighted by Crippen LogP contribution is 2.38. The predicted molar refractivity (Wildman–Crippen MR) is 130 cm³/mol. The molecule has 0 bridgehead atoms. The van der Waals surface area contributed by atoms with Crippen LogP contribution in [0.2, 0.25) is 0 Å². The van der Waals surface area contributed by atoms with E-state index in [4.69, 9.17) is 0 Å². The number of aryl methyl sites for hydroxylation is 2. The molecule has 1 aliphatic carbocycles. The fourth-order valence-electron chi connectivity index (χ4n) is 5.00. The smallest absolute Gasteiger partial charge is 0.0942 e. The van der Waals surface area contributed by atoms with Crippen LogP contribution in [-0.4, -0.2) is 18.1 Å². The minimum Gasteiger partial charge on any atom is -0.358 e. The van der Waals surface area contributed by atoms with Crippen LogP contribution in [0.15, 0.2) is 48.8 Å². The normalized spacial score (nSPS) is 15.5. The average Bonchev–Trinajstić information content (AvgIpc) is 3.36. The van der Waals surface area contributed by atoms with E-state index in [0.29, 0.717) is 11.8 Å². The summed E-state index contributed by atoms with van der Waals surface area (Å²) >= 11 is 0. The van der Waals surface area contributed by atoms with Gasteiger partial charge in [0.25, 0.3) is 0 Å². The molecule has 2 aromatic rings. The molecular formula is C28H36N2. The maximum Gasteiger partial charge on any atom is 0.0942 e. The SMILES string of the molecule is Cc1ccc(C)c2c1CC=C2CCN1C=CN(c2c(C(C)C)cccc2C(C)C)C1. The van der Waals surface area contributed by atoms with E-state index < -0.39 is 0 Å². The van der Waals surface area contributed by atoms with Gasteiger partial charge in [0.1, 0.15) is 0 Å². The first kappa shape index (κ1) is 20.8. The van der Waals surface area contributed by atoms with E-state index in [1.165, 1.54) is 44.6 Å². The molecule has 0 saturated carbocycles. The molecule has 1 aliphatic heterocycles. The molecule has 2 aromatic carbocycles. The zero-order valence-electron chi connectivity index (χ0n) is 19.5. The summed E-state index contributed by atoms with van der Waals surface area (Å²) in [5.74, 6) is 1.04. The summed E-state index contributed by atoms with van der Waals surface area (Å²) in [5, 5.41) is 0. The molecular weight excluding hydrogens is 364 g/mol. The van der Waals surface area contributed by atoms with Crippen molar-refractivity contribution in [3.05, 3.63) is 82.2 Å². The second kappa shape index (κ2) is 8.34. The Morgan fingerprint density at radius 2 is 1.53 bits per heavy atom. The van der Waals surface area contributed by atoms with Crippen LogP contribution in [0.4, 0.5) is 5.69 Å². The monoisotopic (exact) mass is 400 g/mol. The molecule has 0 saturated heterocycles. The van der Waals surface area contributed by atoms with Crippen molar-refractivity contribution in [2.24, 2.45) is 0 Å². The molecule has 0 fully saturated rings. The van der Waals surface area contributed by atoms with Gasteiger partial charge in [-0.2, -0.15) is 0 Å². The lowest BCUT2D eigenvalue weighted by molar-refractivity contribution is 0.416. The van der Waals surface area contributed by atoms with Gasteiger partial charge in [0.15, 0.2) is 0 Å². The highest BCUT2D eigenvalue weighted by atomic mass is 15.3. The Hall–Kier alpha value is -2.48. The van der Waals surface area contributed by atoms with E-state index in [1.54, 1.807) is 0 Å². The first-order valence-electron chi connectivity index (χ1n) is 11.5. The lowest BCUT2D eigenvalue weighted by Gasteiger charge is -2.28. The first-order valence-corrected chi connectivity index (χ1v) is 11.5. The lowest BCUT2D eigenvalue weighted by atomic mass is 9.92. The van der Waals surface area contributed by atoms with Gasteiger partial charge in [0, 0.05) is 24.6 Å². The number of hydrogen-bond acceptors (Lipinski definition) is 2. The number of allylic oxidation sites excluding steroid dienone is 1. The molecule has 1 heterocycles. The zero-order valence-corrected chi connectivity index (χ0v) is 19.5. The highest BCUT2D eigenvalue weighted by molar-refractivity contribution is 5.76. The minimum absolute atomic E-state index is 0.521. The Bertz CT molecular complexity index is 968. The topological polar surface area (TPSA) is 6.48 Å². The van der Waals surface area contributed by atoms with Crippen molar-refractivity contribution < 1.29 is 0 Å². The van der Waals surface area contributed by atoms with Crippen molar-refractivity contribution in [1.29, 1.82) is 0 Å². The Kier molecular flexibility index (Phi) is 5.77. The molecule has 0 aromatic heterocycles. The number of nitrogens with zero attached hydrogens (tertiary/aromatic N) is 2. The van der Waals surface area contributed by atoms with Crippen LogP contribution in [0.1, 0.15) is 79.3 Å². The van der Waals surface area contributed by atoms with Crippen molar-refractivity contribution in [2.45, 2.75) is 66.2 Å². The quantitative estimate of drug-likeness (QED) is 0.509. The third-order valence-corrected chi connectivity index (χ3v) is 6.72. The summed E-state index contributed by atoms with van der Waals surface area (Å²) in [4.78, 5) is 4.92. The van der Waals surface area contributed by atoms with Crippen molar-refractivity contribution >= 4 is 11.3 Å². The number of rotatable bonds is 6. The molecule has 0 radical (unpaired) electrons. The first-order chi connectivity index (χ1) is 14.4. The molecule has 158 valence electrons. The van der Waals surface area contributed by atoms with Crippen molar-refractivity contribution in [3.8, 4) is 0 Å². The van der Waals surface area contributed by atoms with Gasteiger partial charge in [-0.25, -0.2) is 0 Å². The standard InChI is InChI=1S/C28H36N2/c1-19(2)24-8-7-9-25(20(3)4)28(24)30-17-16-29(18-30)15-14-23-12-13-26-21(5)10-11-22(6)27(23)26/h7-12,16-17,19-20H,13-15,18H2,1-6H3. The van der Waals surface area contributed by atoms with Gasteiger partial charge < -0.3 is 9.80 Å². The molecule has 2 nitrogen and oxygen atoms in total. The van der Waals surface area contributed by atoms with E-state index in [0.717, 1.165) is 26.1 Å². The third kappa shape index (κ3) is 3.80. The molecule has 30 heavy (non-hydrogen) atoms. The van der Waals surface area contributed by atoms with Gasteiger partial charge in [-0.15, -0.1) is 0 Å². The van der Waals surface area contributed by atoms with Gasteiger partial charge in [-0.05, 0) is 77.5 Å². The lowest BCUT2D eigenvalue weighted by Crippen LogP contribution is -2.27. The fraction of sp³-hybridized carbons (Fsp3) is 0.429. The van der Waals surface area contributed by atoms with E-state index >= 15 is 0 Å². The summed E-state index contributed by atoms with van der Waals surface area (Å²) in [6.45, 7) is 15.7. The van der Waals surface area contributed by atoms with E-state index in [1.807, 2.05) is 0 Å². The summed E-state index contributed by atoms with van der Waals surface area (Å²) in [6.07, 6.45) is 9.21. The van der Waals surface area contributed by atoms with Crippen LogP contribution in [0.3, 0.4) is 0 Å². The van der Waals surface area contributed by atoms with Gasteiger partial charge in [0.05, 0.1) is 6.67 Å². The second-order valence-corrected chi connectivity index (χ2v) is 9.55. The molecule has 0 N–H and O–H groups in total. The van der Waals surface area contributed by atoms with E-state index in [9.17, 15) is 0 Å². The molecule has 0 spiro atoms. The zero-order chi connectivity index (χ0) is 21.4. The van der Waals surface area contributed by atoms with Crippen LogP contribution in [0.25, 0.3) is 5.57 Å². The summed E-state index contributed by atoms with van der Waals surface area (Å²) < 4.78 is 0. The Balaban J connectivity index is 1.48. The van der Waals surface area contributed by atoms with Crippen molar-refractivity contribution in [1.82, 2.24) is 4.90 Å². The van der Waals surface area contributed by atoms with Gasteiger partial charge in [-0.1, -0.05) is 64.1 Å². The molecule has 2 heteroatoms. The predicted octanol–water partition coefficient (Wildman–Crippen LogP) is 7.13. The number of benzene rings is 2. The Morgan fingerprint density at radius 1 is 0.867 bits per heavy atom. The molecule has 0 atom stereocenters. The van der Waals surface area contributed by atoms with Gasteiger partial charge >= 0.3 is 0 Å². The fourth-order valence-corrected chi connectivity index (χ4v) is 5.00. The van der Waals surface area contributed by atoms with Crippen LogP contribution >= 0.6 is 0 Å². The van der Waals surface area contributed by atoms with Crippen LogP contribution < -0.4 is 4.90 Å². The van der Waals surface area contributed by atoms with E-state index in [-0.39, 0.29) is 0 Å². The molecule has 0 amide bonds.